The lowest BCUT2D eigenvalue weighted by atomic mass is 10.1. The van der Waals surface area contributed by atoms with Gasteiger partial charge in [0.15, 0.2) is 0 Å². The summed E-state index contributed by atoms with van der Waals surface area (Å²) in [6, 6.07) is 8.05. The van der Waals surface area contributed by atoms with Crippen LogP contribution in [0.2, 0.25) is 5.02 Å². The number of nitrogens with zero attached hydrogens (tertiary/aromatic N) is 1. The van der Waals surface area contributed by atoms with Crippen molar-refractivity contribution < 1.29 is 9.32 Å². The van der Waals surface area contributed by atoms with E-state index in [0.29, 0.717) is 6.54 Å². The van der Waals surface area contributed by atoms with Gasteiger partial charge in [0.1, 0.15) is 5.76 Å². The number of halogens is 1. The molecule has 4 rings (SSSR count). The Morgan fingerprint density at radius 3 is 2.81 bits per heavy atom. The second-order valence-corrected chi connectivity index (χ2v) is 7.90. The van der Waals surface area contributed by atoms with Crippen molar-refractivity contribution in [3.8, 4) is 0 Å². The number of rotatable bonds is 6. The van der Waals surface area contributed by atoms with Gasteiger partial charge in [0, 0.05) is 33.1 Å². The predicted molar refractivity (Wildman–Crippen MR) is 101 cm³/mol. The van der Waals surface area contributed by atoms with Crippen LogP contribution in [0.5, 0.6) is 0 Å². The van der Waals surface area contributed by atoms with Crippen LogP contribution >= 0.6 is 11.6 Å². The Morgan fingerprint density at radius 2 is 2.12 bits per heavy atom. The highest BCUT2D eigenvalue weighted by Crippen LogP contribution is 2.45. The first kappa shape index (κ1) is 17.2. The van der Waals surface area contributed by atoms with E-state index in [4.69, 9.17) is 16.1 Å². The molecule has 26 heavy (non-hydrogen) atoms. The second-order valence-electron chi connectivity index (χ2n) is 7.50. The Morgan fingerprint density at radius 1 is 1.31 bits per heavy atom. The van der Waals surface area contributed by atoms with Crippen LogP contribution in [0.1, 0.15) is 42.5 Å². The molecule has 1 aliphatic rings. The highest BCUT2D eigenvalue weighted by Gasteiger charge is 2.44. The number of aryl methyl sites for hydroxylation is 3. The molecule has 5 nitrogen and oxygen atoms in total. The number of fused-ring (bicyclic) bond motifs is 1. The summed E-state index contributed by atoms with van der Waals surface area (Å²) in [5.41, 5.74) is 3.87. The topological polar surface area (TPSA) is 70.9 Å². The van der Waals surface area contributed by atoms with E-state index in [2.05, 4.69) is 21.5 Å². The summed E-state index contributed by atoms with van der Waals surface area (Å²) in [7, 11) is 0. The Balaban J connectivity index is 1.46. The number of H-pyrrole nitrogens is 1. The van der Waals surface area contributed by atoms with Gasteiger partial charge in [-0.05, 0) is 56.4 Å². The van der Waals surface area contributed by atoms with Gasteiger partial charge in [-0.3, -0.25) is 4.79 Å². The van der Waals surface area contributed by atoms with Crippen LogP contribution in [0.4, 0.5) is 0 Å². The number of nitrogens with one attached hydrogen (secondary N) is 2. The molecule has 6 heteroatoms. The van der Waals surface area contributed by atoms with Crippen LogP contribution in [-0.4, -0.2) is 16.0 Å². The van der Waals surface area contributed by atoms with E-state index in [-0.39, 0.29) is 11.3 Å². The van der Waals surface area contributed by atoms with Gasteiger partial charge in [-0.15, -0.1) is 0 Å². The Hall–Kier alpha value is -2.27. The van der Waals surface area contributed by atoms with Gasteiger partial charge in [0.25, 0.3) is 0 Å². The van der Waals surface area contributed by atoms with Gasteiger partial charge < -0.3 is 14.8 Å². The first-order chi connectivity index (χ1) is 12.4. The second kappa shape index (κ2) is 6.47. The molecule has 2 aromatic heterocycles. The van der Waals surface area contributed by atoms with Gasteiger partial charge >= 0.3 is 0 Å². The largest absolute Gasteiger partial charge is 0.361 e. The fourth-order valence-corrected chi connectivity index (χ4v) is 3.41. The van der Waals surface area contributed by atoms with Crippen LogP contribution in [0.3, 0.4) is 0 Å². The Kier molecular flexibility index (Phi) is 4.27. The van der Waals surface area contributed by atoms with Gasteiger partial charge in [0.2, 0.25) is 5.91 Å². The molecule has 1 fully saturated rings. The monoisotopic (exact) mass is 371 g/mol. The molecule has 0 radical (unpaired) electrons. The van der Waals surface area contributed by atoms with E-state index in [0.717, 1.165) is 64.3 Å². The van der Waals surface area contributed by atoms with E-state index in [1.807, 2.05) is 32.0 Å². The number of hydrogen-bond donors (Lipinski definition) is 2. The number of carbonyl (C=O) groups is 1. The first-order valence-corrected chi connectivity index (χ1v) is 9.31. The van der Waals surface area contributed by atoms with Gasteiger partial charge in [0.05, 0.1) is 12.2 Å². The molecule has 0 atom stereocenters. The highest BCUT2D eigenvalue weighted by atomic mass is 35.5. The summed E-state index contributed by atoms with van der Waals surface area (Å²) in [5.74, 6) is 0.954. The van der Waals surface area contributed by atoms with E-state index in [1.54, 1.807) is 0 Å². The molecule has 0 unspecified atom stereocenters. The third-order valence-corrected chi connectivity index (χ3v) is 5.51. The summed E-state index contributed by atoms with van der Waals surface area (Å²) in [6.45, 7) is 4.41. The average Bonchev–Trinajstić information content (AvgIpc) is 3.04. The molecule has 0 saturated heterocycles. The van der Waals surface area contributed by atoms with Crippen LogP contribution in [0.25, 0.3) is 10.9 Å². The smallest absolute Gasteiger partial charge is 0.226 e. The van der Waals surface area contributed by atoms with Crippen molar-refractivity contribution in [2.24, 2.45) is 5.41 Å². The molecule has 2 N–H and O–H groups in total. The van der Waals surface area contributed by atoms with Crippen LogP contribution in [0, 0.1) is 12.3 Å². The Bertz CT molecular complexity index is 969. The van der Waals surface area contributed by atoms with Crippen molar-refractivity contribution in [1.82, 2.24) is 15.5 Å². The third-order valence-electron chi connectivity index (χ3n) is 5.16. The molecule has 1 amide bonds. The van der Waals surface area contributed by atoms with Gasteiger partial charge in [-0.1, -0.05) is 23.7 Å². The molecule has 1 aliphatic carbocycles. The number of aromatic nitrogens is 2. The zero-order valence-electron chi connectivity index (χ0n) is 15.0. The molecule has 0 bridgehead atoms. The summed E-state index contributed by atoms with van der Waals surface area (Å²) in [4.78, 5) is 15.5. The molecule has 0 spiro atoms. The summed E-state index contributed by atoms with van der Waals surface area (Å²) in [5, 5.41) is 8.85. The van der Waals surface area contributed by atoms with Crippen molar-refractivity contribution in [1.29, 1.82) is 0 Å². The molecular formula is C20H22ClN3O2. The van der Waals surface area contributed by atoms with Crippen molar-refractivity contribution >= 4 is 28.4 Å². The average molecular weight is 372 g/mol. The van der Waals surface area contributed by atoms with E-state index < -0.39 is 0 Å². The maximum absolute atomic E-state index is 12.1. The number of carbonyl (C=O) groups excluding carboxylic acids is 1. The maximum Gasteiger partial charge on any atom is 0.226 e. The minimum absolute atomic E-state index is 0.137. The summed E-state index contributed by atoms with van der Waals surface area (Å²) >= 11 is 6.45. The summed E-state index contributed by atoms with van der Waals surface area (Å²) < 4.78 is 5.11. The van der Waals surface area contributed by atoms with Crippen LogP contribution in [-0.2, 0) is 24.2 Å². The molecule has 3 aromatic rings. The fraction of sp³-hybridized carbons (Fsp3) is 0.400. The summed E-state index contributed by atoms with van der Waals surface area (Å²) in [6.07, 6.45) is 3.54. The fourth-order valence-electron chi connectivity index (χ4n) is 3.15. The lowest BCUT2D eigenvalue weighted by molar-refractivity contribution is -0.125. The Labute approximate surface area is 157 Å². The minimum Gasteiger partial charge on any atom is -0.361 e. The normalized spacial score (nSPS) is 15.3. The predicted octanol–water partition coefficient (Wildman–Crippen LogP) is 4.32. The molecular weight excluding hydrogens is 350 g/mol. The number of benzene rings is 1. The van der Waals surface area contributed by atoms with Crippen LogP contribution < -0.4 is 5.32 Å². The minimum atomic E-state index is -0.151. The third kappa shape index (κ3) is 3.49. The SMILES string of the molecule is Cc1cc(CCc2cc3[nH]c(CNC(=O)C4(C)CC4)cc3cc2Cl)no1. The van der Waals surface area contributed by atoms with E-state index >= 15 is 0 Å². The standard InChI is InChI=1S/C20H22ClN3O2/c1-12-7-15(24-26-12)4-3-13-10-18-14(9-17(13)21)8-16(23-18)11-22-19(25)20(2)5-6-20/h7-10,23H,3-6,11H2,1-2H3,(H,22,25). The van der Waals surface area contributed by atoms with Crippen molar-refractivity contribution in [3.05, 3.63) is 52.0 Å². The first-order valence-electron chi connectivity index (χ1n) is 8.93. The number of aromatic amines is 1. The zero-order valence-corrected chi connectivity index (χ0v) is 15.7. The molecule has 2 heterocycles. The zero-order chi connectivity index (χ0) is 18.3. The molecule has 1 saturated carbocycles. The number of amides is 1. The van der Waals surface area contributed by atoms with E-state index in [9.17, 15) is 4.79 Å². The lowest BCUT2D eigenvalue weighted by Gasteiger charge is -2.08. The maximum atomic E-state index is 12.1. The van der Waals surface area contributed by atoms with E-state index in [1.165, 1.54) is 0 Å². The number of hydrogen-bond acceptors (Lipinski definition) is 3. The quantitative estimate of drug-likeness (QED) is 0.677. The van der Waals surface area contributed by atoms with Crippen LogP contribution in [0.15, 0.2) is 28.8 Å². The lowest BCUT2D eigenvalue weighted by Crippen LogP contribution is -2.29. The molecule has 0 aliphatic heterocycles. The van der Waals surface area contributed by atoms with Crippen molar-refractivity contribution in [2.75, 3.05) is 0 Å². The molecule has 1 aromatic carbocycles. The van der Waals surface area contributed by atoms with Gasteiger partial charge in [-0.25, -0.2) is 0 Å². The van der Waals surface area contributed by atoms with Crippen molar-refractivity contribution in [2.45, 2.75) is 46.1 Å². The van der Waals surface area contributed by atoms with Crippen molar-refractivity contribution in [3.63, 3.8) is 0 Å². The van der Waals surface area contributed by atoms with Gasteiger partial charge in [-0.2, -0.15) is 0 Å². The molecule has 136 valence electrons. The highest BCUT2D eigenvalue weighted by molar-refractivity contribution is 6.32.